The Morgan fingerprint density at radius 1 is 0.846 bits per heavy atom. The minimum Gasteiger partial charge on any atom is -0.457 e. The van der Waals surface area contributed by atoms with E-state index in [1.54, 1.807) is 12.1 Å². The molecule has 1 fully saturated rings. The summed E-state index contributed by atoms with van der Waals surface area (Å²) in [4.78, 5) is 26.7. The fourth-order valence-corrected chi connectivity index (χ4v) is 3.80. The molecule has 0 aromatic heterocycles. The van der Waals surface area contributed by atoms with Crippen LogP contribution in [0.25, 0.3) is 0 Å². The molecule has 2 aromatic rings. The Morgan fingerprint density at radius 3 is 1.92 bits per heavy atom. The van der Waals surface area contributed by atoms with Crippen LogP contribution >= 0.6 is 0 Å². The van der Waals surface area contributed by atoms with Crippen molar-refractivity contribution in [1.29, 1.82) is 0 Å². The highest BCUT2D eigenvalue weighted by atomic mass is 16.5. The Kier molecular flexibility index (Phi) is 4.11. The second-order valence-corrected chi connectivity index (χ2v) is 6.98. The SMILES string of the molecule is Cc1cccc(C)c1Oc1ccc(N2C(=O)[C@H]3CC=CC[C@@H]3C2=O)cc1. The minimum atomic E-state index is -0.210. The van der Waals surface area contributed by atoms with E-state index in [-0.39, 0.29) is 23.7 Å². The maximum atomic E-state index is 12.7. The Labute approximate surface area is 153 Å². The standard InChI is InChI=1S/C22H21NO3/c1-14-6-5-7-15(2)20(14)26-17-12-10-16(11-13-17)23-21(24)18-8-3-4-9-19(18)22(23)25/h3-7,10-13,18-19H,8-9H2,1-2H3/t18-,19-/m0/s1. The number of hydrogen-bond acceptors (Lipinski definition) is 3. The molecule has 2 aliphatic rings. The van der Waals surface area contributed by atoms with E-state index in [4.69, 9.17) is 4.74 Å². The van der Waals surface area contributed by atoms with Crippen molar-refractivity contribution in [1.82, 2.24) is 0 Å². The number of ether oxygens (including phenoxy) is 1. The zero-order valence-corrected chi connectivity index (χ0v) is 14.9. The predicted octanol–water partition coefficient (Wildman–Crippen LogP) is 4.55. The van der Waals surface area contributed by atoms with Gasteiger partial charge in [0.05, 0.1) is 17.5 Å². The van der Waals surface area contributed by atoms with Crippen LogP contribution < -0.4 is 9.64 Å². The Hall–Kier alpha value is -2.88. The van der Waals surface area contributed by atoms with Gasteiger partial charge in [-0.3, -0.25) is 14.5 Å². The van der Waals surface area contributed by atoms with Crippen molar-refractivity contribution in [2.45, 2.75) is 26.7 Å². The number of fused-ring (bicyclic) bond motifs is 1. The molecule has 0 bridgehead atoms. The van der Waals surface area contributed by atoms with Crippen LogP contribution in [-0.2, 0) is 9.59 Å². The van der Waals surface area contributed by atoms with Crippen LogP contribution in [0.1, 0.15) is 24.0 Å². The van der Waals surface area contributed by atoms with Crippen molar-refractivity contribution in [3.05, 3.63) is 65.7 Å². The van der Waals surface area contributed by atoms with E-state index in [1.165, 1.54) is 4.90 Å². The quantitative estimate of drug-likeness (QED) is 0.604. The normalized spacial score (nSPS) is 21.8. The molecule has 0 N–H and O–H groups in total. The van der Waals surface area contributed by atoms with E-state index in [1.807, 2.05) is 56.3 Å². The highest BCUT2D eigenvalue weighted by Gasteiger charge is 2.47. The number of amides is 2. The van der Waals surface area contributed by atoms with Crippen molar-refractivity contribution in [2.75, 3.05) is 4.90 Å². The Balaban J connectivity index is 1.57. The molecule has 0 spiro atoms. The second kappa shape index (κ2) is 6.45. The summed E-state index contributed by atoms with van der Waals surface area (Å²) in [7, 11) is 0. The zero-order chi connectivity index (χ0) is 18.3. The summed E-state index contributed by atoms with van der Waals surface area (Å²) in [6.45, 7) is 4.02. The minimum absolute atomic E-state index is 0.0900. The molecule has 0 unspecified atom stereocenters. The maximum Gasteiger partial charge on any atom is 0.238 e. The first-order valence-corrected chi connectivity index (χ1v) is 8.93. The van der Waals surface area contributed by atoms with Crippen LogP contribution in [0, 0.1) is 25.7 Å². The van der Waals surface area contributed by atoms with E-state index in [0.29, 0.717) is 24.3 Å². The molecule has 1 aliphatic carbocycles. The molecule has 2 aromatic carbocycles. The number of rotatable bonds is 3. The van der Waals surface area contributed by atoms with Gasteiger partial charge in [0.15, 0.2) is 0 Å². The number of carbonyl (C=O) groups excluding carboxylic acids is 2. The van der Waals surface area contributed by atoms with Crippen LogP contribution in [0.3, 0.4) is 0 Å². The monoisotopic (exact) mass is 347 g/mol. The second-order valence-electron chi connectivity index (χ2n) is 6.98. The molecule has 4 rings (SSSR count). The number of benzene rings is 2. The van der Waals surface area contributed by atoms with Gasteiger partial charge in [0.2, 0.25) is 11.8 Å². The molecule has 0 radical (unpaired) electrons. The average Bonchev–Trinajstić information content (AvgIpc) is 2.90. The number of hydrogen-bond donors (Lipinski definition) is 0. The number of carbonyl (C=O) groups is 2. The molecule has 0 saturated carbocycles. The van der Waals surface area contributed by atoms with Gasteiger partial charge in [0.25, 0.3) is 0 Å². The number of aryl methyl sites for hydroxylation is 2. The van der Waals surface area contributed by atoms with Gasteiger partial charge in [-0.25, -0.2) is 0 Å². The first-order chi connectivity index (χ1) is 12.6. The maximum absolute atomic E-state index is 12.7. The molecule has 4 nitrogen and oxygen atoms in total. The third kappa shape index (κ3) is 2.71. The van der Waals surface area contributed by atoms with E-state index < -0.39 is 0 Å². The summed E-state index contributed by atoms with van der Waals surface area (Å²) in [5, 5.41) is 0. The summed E-state index contributed by atoms with van der Waals surface area (Å²) in [6.07, 6.45) is 5.30. The third-order valence-corrected chi connectivity index (χ3v) is 5.23. The van der Waals surface area contributed by atoms with Crippen LogP contribution in [0.2, 0.25) is 0 Å². The fourth-order valence-electron chi connectivity index (χ4n) is 3.80. The van der Waals surface area contributed by atoms with Gasteiger partial charge in [0.1, 0.15) is 11.5 Å². The van der Waals surface area contributed by atoms with Gasteiger partial charge in [-0.2, -0.15) is 0 Å². The highest BCUT2D eigenvalue weighted by Crippen LogP contribution is 2.38. The number of imide groups is 1. The van der Waals surface area contributed by atoms with E-state index in [2.05, 4.69) is 0 Å². The first kappa shape index (κ1) is 16.6. The lowest BCUT2D eigenvalue weighted by molar-refractivity contribution is -0.122. The summed E-state index contributed by atoms with van der Waals surface area (Å²) in [6, 6.07) is 13.2. The molecule has 1 saturated heterocycles. The van der Waals surface area contributed by atoms with E-state index in [9.17, 15) is 9.59 Å². The topological polar surface area (TPSA) is 46.6 Å². The number of anilines is 1. The summed E-state index contributed by atoms with van der Waals surface area (Å²) in [5.74, 6) is 0.923. The van der Waals surface area contributed by atoms with Crippen molar-refractivity contribution in [3.8, 4) is 11.5 Å². The molecular weight excluding hydrogens is 326 g/mol. The van der Waals surface area contributed by atoms with Crippen LogP contribution in [0.15, 0.2) is 54.6 Å². The zero-order valence-electron chi connectivity index (χ0n) is 14.9. The van der Waals surface area contributed by atoms with Gasteiger partial charge in [-0.1, -0.05) is 30.4 Å². The third-order valence-electron chi connectivity index (χ3n) is 5.23. The Bertz CT molecular complexity index is 852. The van der Waals surface area contributed by atoms with Crippen molar-refractivity contribution in [3.63, 3.8) is 0 Å². The molecule has 1 aliphatic heterocycles. The van der Waals surface area contributed by atoms with Crippen molar-refractivity contribution < 1.29 is 14.3 Å². The number of allylic oxidation sites excluding steroid dienone is 2. The predicted molar refractivity (Wildman–Crippen MR) is 100 cm³/mol. The van der Waals surface area contributed by atoms with Gasteiger partial charge in [0, 0.05) is 0 Å². The van der Waals surface area contributed by atoms with Crippen molar-refractivity contribution >= 4 is 17.5 Å². The number of nitrogens with zero attached hydrogens (tertiary/aromatic N) is 1. The lowest BCUT2D eigenvalue weighted by Crippen LogP contribution is -2.30. The number of para-hydroxylation sites is 1. The largest absolute Gasteiger partial charge is 0.457 e. The molecule has 2 atom stereocenters. The van der Waals surface area contributed by atoms with Crippen molar-refractivity contribution in [2.24, 2.45) is 11.8 Å². The summed E-state index contributed by atoms with van der Waals surface area (Å²) in [5.41, 5.74) is 2.74. The lowest BCUT2D eigenvalue weighted by atomic mass is 9.85. The summed E-state index contributed by atoms with van der Waals surface area (Å²) >= 11 is 0. The average molecular weight is 347 g/mol. The van der Waals surface area contributed by atoms with Gasteiger partial charge in [-0.15, -0.1) is 0 Å². The fraction of sp³-hybridized carbons (Fsp3) is 0.273. The van der Waals surface area contributed by atoms with Crippen LogP contribution in [0.4, 0.5) is 5.69 Å². The molecule has 26 heavy (non-hydrogen) atoms. The van der Waals surface area contributed by atoms with E-state index in [0.717, 1.165) is 16.9 Å². The van der Waals surface area contributed by atoms with Crippen LogP contribution in [0.5, 0.6) is 11.5 Å². The molecule has 132 valence electrons. The molecular formula is C22H21NO3. The summed E-state index contributed by atoms with van der Waals surface area (Å²) < 4.78 is 6.01. The van der Waals surface area contributed by atoms with E-state index >= 15 is 0 Å². The Morgan fingerprint density at radius 2 is 1.38 bits per heavy atom. The van der Waals surface area contributed by atoms with Crippen LogP contribution in [-0.4, -0.2) is 11.8 Å². The van der Waals surface area contributed by atoms with Gasteiger partial charge in [-0.05, 0) is 62.1 Å². The molecule has 1 heterocycles. The smallest absolute Gasteiger partial charge is 0.238 e. The first-order valence-electron chi connectivity index (χ1n) is 8.93. The lowest BCUT2D eigenvalue weighted by Gasteiger charge is -2.16. The molecule has 2 amide bonds. The highest BCUT2D eigenvalue weighted by molar-refractivity contribution is 6.22. The van der Waals surface area contributed by atoms with Gasteiger partial charge < -0.3 is 4.74 Å². The van der Waals surface area contributed by atoms with Gasteiger partial charge >= 0.3 is 0 Å². The molecule has 4 heteroatoms.